The van der Waals surface area contributed by atoms with Gasteiger partial charge in [-0.05, 0) is 24.5 Å². The first-order valence-electron chi connectivity index (χ1n) is 6.57. The van der Waals surface area contributed by atoms with Crippen molar-refractivity contribution >= 4 is 17.4 Å². The van der Waals surface area contributed by atoms with Gasteiger partial charge in [0.2, 0.25) is 0 Å². The summed E-state index contributed by atoms with van der Waals surface area (Å²) in [6.45, 7) is 1.81. The molecule has 20 heavy (non-hydrogen) atoms. The Morgan fingerprint density at radius 2 is 2.35 bits per heavy atom. The van der Waals surface area contributed by atoms with Crippen LogP contribution in [0.3, 0.4) is 0 Å². The molecule has 1 N–H and O–H groups in total. The second-order valence-corrected chi connectivity index (χ2v) is 5.37. The maximum atomic E-state index is 8.86. The van der Waals surface area contributed by atoms with Crippen LogP contribution in [0.5, 0.6) is 0 Å². The van der Waals surface area contributed by atoms with Crippen molar-refractivity contribution in [3.63, 3.8) is 0 Å². The van der Waals surface area contributed by atoms with E-state index in [9.17, 15) is 0 Å². The average Bonchev–Trinajstić information content (AvgIpc) is 3.01. The van der Waals surface area contributed by atoms with Crippen LogP contribution in [0.4, 0.5) is 5.82 Å². The summed E-state index contributed by atoms with van der Waals surface area (Å²) in [6.07, 6.45) is 7.63. The summed E-state index contributed by atoms with van der Waals surface area (Å²) >= 11 is 6.24. The fraction of sp³-hybridized carbons (Fsp3) is 0.357. The zero-order valence-electron chi connectivity index (χ0n) is 10.9. The normalized spacial score (nSPS) is 18.8. The van der Waals surface area contributed by atoms with Gasteiger partial charge in [0.25, 0.3) is 0 Å². The molecule has 0 radical (unpaired) electrons. The molecule has 0 bridgehead atoms. The number of halogens is 1. The predicted molar refractivity (Wildman–Crippen MR) is 76.7 cm³/mol. The Bertz CT molecular complexity index is 632. The van der Waals surface area contributed by atoms with Crippen LogP contribution in [0, 0.1) is 11.3 Å². The number of aromatic amines is 1. The lowest BCUT2D eigenvalue weighted by molar-refractivity contribution is 0.507. The molecule has 1 fully saturated rings. The maximum Gasteiger partial charge on any atom is 0.147 e. The Hall–Kier alpha value is -2.06. The molecule has 6 heteroatoms. The highest BCUT2D eigenvalue weighted by atomic mass is 35.5. The van der Waals surface area contributed by atoms with E-state index in [1.165, 1.54) is 5.56 Å². The number of nitrogens with zero attached hydrogens (tertiary/aromatic N) is 4. The van der Waals surface area contributed by atoms with Crippen molar-refractivity contribution in [2.45, 2.75) is 18.8 Å². The summed E-state index contributed by atoms with van der Waals surface area (Å²) in [4.78, 5) is 6.52. The Balaban J connectivity index is 1.82. The van der Waals surface area contributed by atoms with Crippen LogP contribution in [-0.4, -0.2) is 28.3 Å². The number of aromatic nitrogens is 3. The van der Waals surface area contributed by atoms with Crippen LogP contribution in [-0.2, 0) is 0 Å². The minimum Gasteiger partial charge on any atom is -0.355 e. The van der Waals surface area contributed by atoms with E-state index in [4.69, 9.17) is 16.9 Å². The zero-order valence-corrected chi connectivity index (χ0v) is 11.6. The van der Waals surface area contributed by atoms with Crippen molar-refractivity contribution in [2.24, 2.45) is 0 Å². The number of nitriles is 1. The van der Waals surface area contributed by atoms with E-state index in [1.807, 2.05) is 12.4 Å². The van der Waals surface area contributed by atoms with Crippen LogP contribution in [0.25, 0.3) is 0 Å². The third-order valence-corrected chi connectivity index (χ3v) is 3.94. The molecule has 1 atom stereocenters. The van der Waals surface area contributed by atoms with Gasteiger partial charge in [-0.3, -0.25) is 5.10 Å². The van der Waals surface area contributed by atoms with Gasteiger partial charge in [-0.15, -0.1) is 0 Å². The molecular formula is C14H14ClN5. The minimum absolute atomic E-state index is 0.441. The highest BCUT2D eigenvalue weighted by Gasteiger charge is 2.24. The van der Waals surface area contributed by atoms with Crippen LogP contribution in [0.2, 0.25) is 5.02 Å². The lowest BCUT2D eigenvalue weighted by Crippen LogP contribution is -2.35. The van der Waals surface area contributed by atoms with Gasteiger partial charge in [-0.1, -0.05) is 11.6 Å². The summed E-state index contributed by atoms with van der Waals surface area (Å²) < 4.78 is 0. The van der Waals surface area contributed by atoms with E-state index in [1.54, 1.807) is 12.3 Å². The molecule has 0 saturated carbocycles. The second-order valence-electron chi connectivity index (χ2n) is 4.96. The number of H-pyrrole nitrogens is 1. The minimum atomic E-state index is 0.441. The quantitative estimate of drug-likeness (QED) is 0.922. The number of pyridine rings is 1. The molecule has 2 aromatic rings. The van der Waals surface area contributed by atoms with Crippen LogP contribution in [0.15, 0.2) is 24.7 Å². The fourth-order valence-corrected chi connectivity index (χ4v) is 2.94. The summed E-state index contributed by atoms with van der Waals surface area (Å²) in [5.74, 6) is 1.20. The monoisotopic (exact) mass is 287 g/mol. The number of rotatable bonds is 2. The van der Waals surface area contributed by atoms with Crippen molar-refractivity contribution in [3.05, 3.63) is 40.8 Å². The number of hydrogen-bond donors (Lipinski definition) is 1. The molecule has 1 unspecified atom stereocenters. The lowest BCUT2D eigenvalue weighted by atomic mass is 9.93. The van der Waals surface area contributed by atoms with Gasteiger partial charge in [0.05, 0.1) is 16.8 Å². The molecule has 1 aliphatic rings. The van der Waals surface area contributed by atoms with Crippen molar-refractivity contribution in [1.82, 2.24) is 15.2 Å². The number of hydrogen-bond acceptors (Lipinski definition) is 4. The zero-order chi connectivity index (χ0) is 13.9. The number of piperidine rings is 1. The lowest BCUT2D eigenvalue weighted by Gasteiger charge is -2.33. The highest BCUT2D eigenvalue weighted by Crippen LogP contribution is 2.32. The molecule has 2 aromatic heterocycles. The molecule has 0 aromatic carbocycles. The van der Waals surface area contributed by atoms with Gasteiger partial charge in [-0.25, -0.2) is 4.98 Å². The van der Waals surface area contributed by atoms with Gasteiger partial charge in [0.1, 0.15) is 11.9 Å². The first kappa shape index (κ1) is 12.9. The molecule has 102 valence electrons. The van der Waals surface area contributed by atoms with Crippen molar-refractivity contribution in [3.8, 4) is 6.07 Å². The molecule has 5 nitrogen and oxygen atoms in total. The van der Waals surface area contributed by atoms with Crippen molar-refractivity contribution in [2.75, 3.05) is 18.0 Å². The maximum absolute atomic E-state index is 8.86. The third-order valence-electron chi connectivity index (χ3n) is 3.66. The first-order valence-corrected chi connectivity index (χ1v) is 6.95. The SMILES string of the molecule is N#Cc1cnc(N2CCCC(c3cn[nH]c3)C2)c(Cl)c1. The topological polar surface area (TPSA) is 68.6 Å². The van der Waals surface area contributed by atoms with E-state index in [2.05, 4.69) is 26.2 Å². The van der Waals surface area contributed by atoms with Crippen molar-refractivity contribution in [1.29, 1.82) is 5.26 Å². The molecule has 3 rings (SSSR count). The average molecular weight is 288 g/mol. The van der Waals surface area contributed by atoms with Crippen molar-refractivity contribution < 1.29 is 0 Å². The van der Waals surface area contributed by atoms with Gasteiger partial charge >= 0.3 is 0 Å². The Labute approximate surface area is 122 Å². The number of nitrogens with one attached hydrogen (secondary N) is 1. The number of anilines is 1. The van der Waals surface area contributed by atoms with Gasteiger partial charge in [0, 0.05) is 31.4 Å². The van der Waals surface area contributed by atoms with Crippen LogP contribution in [0.1, 0.15) is 29.9 Å². The first-order chi connectivity index (χ1) is 9.78. The Morgan fingerprint density at radius 1 is 1.45 bits per heavy atom. The molecular weight excluding hydrogens is 274 g/mol. The summed E-state index contributed by atoms with van der Waals surface area (Å²) in [6, 6.07) is 3.72. The van der Waals surface area contributed by atoms with Gasteiger partial charge in [0.15, 0.2) is 0 Å². The van der Waals surface area contributed by atoms with E-state index < -0.39 is 0 Å². The third kappa shape index (κ3) is 2.47. The van der Waals surface area contributed by atoms with Crippen LogP contribution < -0.4 is 4.90 Å². The molecule has 1 saturated heterocycles. The molecule has 0 amide bonds. The standard InChI is InChI=1S/C14H14ClN5/c15-13-4-10(5-16)6-17-14(13)20-3-1-2-11(9-20)12-7-18-19-8-12/h4,6-8,11H,1-3,9H2,(H,18,19). The summed E-state index contributed by atoms with van der Waals surface area (Å²) in [5, 5.41) is 16.3. The molecule has 1 aliphatic heterocycles. The highest BCUT2D eigenvalue weighted by molar-refractivity contribution is 6.33. The molecule has 0 spiro atoms. The Morgan fingerprint density at radius 3 is 3.05 bits per heavy atom. The van der Waals surface area contributed by atoms with E-state index in [0.717, 1.165) is 31.7 Å². The Kier molecular flexibility index (Phi) is 3.57. The molecule has 0 aliphatic carbocycles. The van der Waals surface area contributed by atoms with E-state index in [0.29, 0.717) is 16.5 Å². The largest absolute Gasteiger partial charge is 0.355 e. The van der Waals surface area contributed by atoms with Gasteiger partial charge in [-0.2, -0.15) is 10.4 Å². The summed E-state index contributed by atoms with van der Waals surface area (Å²) in [5.41, 5.74) is 1.71. The van der Waals surface area contributed by atoms with E-state index in [-0.39, 0.29) is 0 Å². The van der Waals surface area contributed by atoms with Gasteiger partial charge < -0.3 is 4.90 Å². The summed E-state index contributed by atoms with van der Waals surface area (Å²) in [7, 11) is 0. The fourth-order valence-electron chi connectivity index (χ4n) is 2.65. The predicted octanol–water partition coefficient (Wildman–Crippen LogP) is 2.71. The molecule has 3 heterocycles. The smallest absolute Gasteiger partial charge is 0.147 e. The van der Waals surface area contributed by atoms with E-state index >= 15 is 0 Å². The second kappa shape index (κ2) is 5.51. The van der Waals surface area contributed by atoms with Crippen LogP contribution >= 0.6 is 11.6 Å².